The molecule has 6 N–H and O–H groups in total. The summed E-state index contributed by atoms with van der Waals surface area (Å²) in [6, 6.07) is 1.53. The molecule has 0 bridgehead atoms. The van der Waals surface area contributed by atoms with Gasteiger partial charge in [-0.05, 0) is 12.2 Å². The lowest BCUT2D eigenvalue weighted by Crippen LogP contribution is -2.59. The number of ether oxygens (including phenoxy) is 2. The summed E-state index contributed by atoms with van der Waals surface area (Å²) < 4.78 is 10.0. The van der Waals surface area contributed by atoms with Crippen LogP contribution in [0.15, 0.2) is 23.5 Å². The highest BCUT2D eigenvalue weighted by molar-refractivity contribution is 5.92. The van der Waals surface area contributed by atoms with Gasteiger partial charge < -0.3 is 40.1 Å². The number of allylic oxidation sites excluding steroid dienone is 3. The number of aliphatic carboxylic acids is 2. The van der Waals surface area contributed by atoms with Crippen LogP contribution in [0.5, 0.6) is 0 Å². The Kier molecular flexibility index (Phi) is 7.49. The second-order valence-corrected chi connectivity index (χ2v) is 5.03. The van der Waals surface area contributed by atoms with E-state index in [-0.39, 0.29) is 0 Å². The fourth-order valence-electron chi connectivity index (χ4n) is 1.94. The van der Waals surface area contributed by atoms with Crippen molar-refractivity contribution in [2.45, 2.75) is 37.1 Å². The summed E-state index contributed by atoms with van der Waals surface area (Å²) in [5, 5.41) is 64.5. The van der Waals surface area contributed by atoms with Gasteiger partial charge in [-0.1, -0.05) is 0 Å². The fraction of sp³-hybridized carbons (Fsp3) is 0.500. The molecule has 1 heterocycles. The summed E-state index contributed by atoms with van der Waals surface area (Å²) in [6.07, 6.45) is -7.06. The van der Waals surface area contributed by atoms with Crippen molar-refractivity contribution in [3.8, 4) is 6.07 Å². The van der Waals surface area contributed by atoms with Gasteiger partial charge in [0, 0.05) is 5.57 Å². The first kappa shape index (κ1) is 20.6. The highest BCUT2D eigenvalue weighted by Crippen LogP contribution is 2.23. The van der Waals surface area contributed by atoms with E-state index in [1.807, 2.05) is 0 Å². The van der Waals surface area contributed by atoms with Crippen molar-refractivity contribution in [1.82, 2.24) is 0 Å². The summed E-state index contributed by atoms with van der Waals surface area (Å²) >= 11 is 0. The molecule has 0 aromatic carbocycles. The van der Waals surface area contributed by atoms with Crippen LogP contribution in [0.3, 0.4) is 0 Å². The van der Waals surface area contributed by atoms with Gasteiger partial charge in [-0.15, -0.1) is 0 Å². The second-order valence-electron chi connectivity index (χ2n) is 5.03. The normalized spacial score (nSPS) is 30.4. The minimum absolute atomic E-state index is 0.530. The summed E-state index contributed by atoms with van der Waals surface area (Å²) in [4.78, 5) is 21.5. The molecular weight excluding hydrogens is 342 g/mol. The molecule has 0 aliphatic carbocycles. The van der Waals surface area contributed by atoms with E-state index in [1.165, 1.54) is 6.07 Å². The Morgan fingerprint density at radius 1 is 1.12 bits per heavy atom. The maximum atomic E-state index is 10.9. The van der Waals surface area contributed by atoms with Crippen molar-refractivity contribution in [1.29, 1.82) is 5.26 Å². The van der Waals surface area contributed by atoms with Crippen molar-refractivity contribution in [2.75, 3.05) is 6.61 Å². The highest BCUT2D eigenvalue weighted by Gasteiger charge is 2.44. The van der Waals surface area contributed by atoms with E-state index in [1.54, 1.807) is 0 Å². The van der Waals surface area contributed by atoms with Crippen LogP contribution in [-0.2, 0) is 19.1 Å². The van der Waals surface area contributed by atoms with E-state index < -0.39 is 67.0 Å². The van der Waals surface area contributed by atoms with Crippen LogP contribution in [0.2, 0.25) is 0 Å². The summed E-state index contributed by atoms with van der Waals surface area (Å²) in [5.74, 6) is -3.45. The van der Waals surface area contributed by atoms with E-state index in [0.29, 0.717) is 0 Å². The van der Waals surface area contributed by atoms with Gasteiger partial charge in [0.15, 0.2) is 5.76 Å². The predicted octanol–water partition coefficient (Wildman–Crippen LogP) is -2.30. The number of aliphatic hydroxyl groups is 4. The third-order valence-electron chi connectivity index (χ3n) is 3.25. The third kappa shape index (κ3) is 5.52. The van der Waals surface area contributed by atoms with Gasteiger partial charge in [0.1, 0.15) is 30.5 Å². The number of hydrogen-bond donors (Lipinski definition) is 6. The quantitative estimate of drug-likeness (QED) is 0.124. The van der Waals surface area contributed by atoms with E-state index in [9.17, 15) is 24.9 Å². The van der Waals surface area contributed by atoms with E-state index in [4.69, 9.17) is 30.1 Å². The van der Waals surface area contributed by atoms with Gasteiger partial charge in [-0.3, -0.25) is 4.79 Å². The molecule has 0 aromatic heterocycles. The summed E-state index contributed by atoms with van der Waals surface area (Å²) in [5.41, 5.74) is -0.530. The topological polar surface area (TPSA) is 198 Å². The van der Waals surface area contributed by atoms with Crippen LogP contribution in [0, 0.1) is 11.3 Å². The van der Waals surface area contributed by atoms with Crippen LogP contribution < -0.4 is 0 Å². The first-order valence-electron chi connectivity index (χ1n) is 6.94. The van der Waals surface area contributed by atoms with E-state index in [2.05, 4.69) is 0 Å². The Bertz CT molecular complexity index is 605. The monoisotopic (exact) mass is 359 g/mol. The zero-order chi connectivity index (χ0) is 19.1. The molecule has 25 heavy (non-hydrogen) atoms. The maximum absolute atomic E-state index is 10.9. The van der Waals surface area contributed by atoms with Crippen molar-refractivity contribution >= 4 is 11.9 Å². The van der Waals surface area contributed by atoms with Crippen LogP contribution in [-0.4, -0.2) is 79.9 Å². The molecule has 11 nitrogen and oxygen atoms in total. The molecule has 0 unspecified atom stereocenters. The lowest BCUT2D eigenvalue weighted by molar-refractivity contribution is -0.290. The van der Waals surface area contributed by atoms with Crippen molar-refractivity contribution < 1.29 is 49.7 Å². The Morgan fingerprint density at radius 3 is 2.24 bits per heavy atom. The highest BCUT2D eigenvalue weighted by atomic mass is 16.7. The molecule has 1 rings (SSSR count). The van der Waals surface area contributed by atoms with Gasteiger partial charge in [-0.25, -0.2) is 4.79 Å². The number of rotatable bonds is 7. The third-order valence-corrected chi connectivity index (χ3v) is 3.25. The standard InChI is InChI=1S/C14H17NO10/c15-4-7(2-1-6(13(22)23)3-9(17)18)24-14-12(21)11(20)10(19)8(5-16)25-14/h1-2,8,10-12,14,16,19-21H,3,5H2,(H,17,18)(H,22,23)/t8-,10-,11+,12-,14-/m1/s1. The fourth-order valence-corrected chi connectivity index (χ4v) is 1.94. The average Bonchev–Trinajstić information content (AvgIpc) is 2.56. The number of aliphatic hydroxyl groups excluding tert-OH is 4. The minimum Gasteiger partial charge on any atom is -0.481 e. The van der Waals surface area contributed by atoms with E-state index in [0.717, 1.165) is 12.2 Å². The van der Waals surface area contributed by atoms with Crippen molar-refractivity contribution in [3.05, 3.63) is 23.5 Å². The molecule has 1 aliphatic heterocycles. The molecule has 1 aliphatic rings. The molecule has 1 fully saturated rings. The molecule has 11 heteroatoms. The molecule has 0 radical (unpaired) electrons. The number of nitrogens with zero attached hydrogens (tertiary/aromatic N) is 1. The van der Waals surface area contributed by atoms with Crippen LogP contribution in [0.25, 0.3) is 0 Å². The molecule has 0 amide bonds. The van der Waals surface area contributed by atoms with Gasteiger partial charge >= 0.3 is 11.9 Å². The number of carboxylic acid groups (broad SMARTS) is 2. The Balaban J connectivity index is 2.95. The molecule has 5 atom stereocenters. The van der Waals surface area contributed by atoms with Gasteiger partial charge in [0.2, 0.25) is 6.29 Å². The van der Waals surface area contributed by atoms with Crippen LogP contribution in [0.4, 0.5) is 0 Å². The lowest BCUT2D eigenvalue weighted by atomic mass is 9.99. The largest absolute Gasteiger partial charge is 0.481 e. The Hall–Kier alpha value is -2.49. The summed E-state index contributed by atoms with van der Waals surface area (Å²) in [6.45, 7) is -0.696. The number of carbonyl (C=O) groups is 2. The maximum Gasteiger partial charge on any atom is 0.332 e. The lowest BCUT2D eigenvalue weighted by Gasteiger charge is -2.39. The van der Waals surface area contributed by atoms with Gasteiger partial charge in [0.05, 0.1) is 13.0 Å². The predicted molar refractivity (Wildman–Crippen MR) is 76.5 cm³/mol. The molecule has 138 valence electrons. The van der Waals surface area contributed by atoms with E-state index >= 15 is 0 Å². The van der Waals surface area contributed by atoms with Gasteiger partial charge in [0.25, 0.3) is 0 Å². The molecule has 0 saturated carbocycles. The SMILES string of the molecule is N#CC(=CC=C(CC(=O)O)C(=O)O)O[C@@H]1O[C@H](CO)[C@@H](O)[C@H](O)[C@H]1O. The number of hydrogen-bond acceptors (Lipinski definition) is 9. The Labute approximate surface area is 141 Å². The molecule has 0 spiro atoms. The second kappa shape index (κ2) is 9.11. The average molecular weight is 359 g/mol. The molecule has 0 aromatic rings. The minimum atomic E-state index is -1.75. The molecule has 1 saturated heterocycles. The first-order chi connectivity index (χ1) is 11.7. The smallest absolute Gasteiger partial charge is 0.332 e. The van der Waals surface area contributed by atoms with Gasteiger partial charge in [-0.2, -0.15) is 5.26 Å². The van der Waals surface area contributed by atoms with Crippen molar-refractivity contribution in [3.63, 3.8) is 0 Å². The molecular formula is C14H17NO10. The number of nitriles is 1. The number of carboxylic acids is 2. The first-order valence-corrected chi connectivity index (χ1v) is 6.94. The van der Waals surface area contributed by atoms with Crippen molar-refractivity contribution in [2.24, 2.45) is 0 Å². The zero-order valence-corrected chi connectivity index (χ0v) is 12.7. The Morgan fingerprint density at radius 2 is 1.76 bits per heavy atom. The summed E-state index contributed by atoms with van der Waals surface area (Å²) in [7, 11) is 0. The van der Waals surface area contributed by atoms with Crippen LogP contribution >= 0.6 is 0 Å². The van der Waals surface area contributed by atoms with Crippen LogP contribution in [0.1, 0.15) is 6.42 Å². The zero-order valence-electron chi connectivity index (χ0n) is 12.7.